The first-order valence-electron chi connectivity index (χ1n) is 3.26. The van der Waals surface area contributed by atoms with Gasteiger partial charge in [0.25, 0.3) is 0 Å². The molecule has 0 spiro atoms. The van der Waals surface area contributed by atoms with Gasteiger partial charge in [0.15, 0.2) is 5.17 Å². The van der Waals surface area contributed by atoms with Gasteiger partial charge in [-0.1, -0.05) is 16.2 Å². The Morgan fingerprint density at radius 1 is 1.77 bits per heavy atom. The molecule has 0 saturated heterocycles. The predicted molar refractivity (Wildman–Crippen MR) is 49.6 cm³/mol. The largest absolute Gasteiger partial charge is 0.377 e. The molecule has 0 aromatic rings. The molecule has 0 radical (unpaired) electrons. The molecule has 1 aliphatic heterocycles. The van der Waals surface area contributed by atoms with Crippen LogP contribution in [0.2, 0.25) is 0 Å². The van der Waals surface area contributed by atoms with Gasteiger partial charge in [-0.15, -0.1) is 5.10 Å². The van der Waals surface area contributed by atoms with Gasteiger partial charge in [-0.25, -0.2) is 0 Å². The number of amidine groups is 1. The first kappa shape index (κ1) is 10.6. The second-order valence-corrected chi connectivity index (χ2v) is 4.93. The standard InChI is InChI=1S/C4H10N4O3S2/c1-7(11-2)13(9,10)8-3-12-4(5)6-8/h3H2,1-2H3,(H2,5,6). The molecule has 0 aromatic heterocycles. The maximum absolute atomic E-state index is 11.5. The van der Waals surface area contributed by atoms with E-state index in [0.29, 0.717) is 0 Å². The molecule has 1 aliphatic rings. The Balaban J connectivity index is 2.83. The van der Waals surface area contributed by atoms with Gasteiger partial charge in [0.05, 0.1) is 7.11 Å². The van der Waals surface area contributed by atoms with E-state index in [1.54, 1.807) is 0 Å². The molecule has 0 unspecified atom stereocenters. The van der Waals surface area contributed by atoms with Crippen LogP contribution in [0.5, 0.6) is 0 Å². The average molecular weight is 226 g/mol. The predicted octanol–water partition coefficient (Wildman–Crippen LogP) is -1.04. The second kappa shape index (κ2) is 3.70. The third-order valence-corrected chi connectivity index (χ3v) is 3.84. The number of rotatable bonds is 3. The third kappa shape index (κ3) is 2.05. The summed E-state index contributed by atoms with van der Waals surface area (Å²) in [6, 6.07) is 0. The van der Waals surface area contributed by atoms with E-state index >= 15 is 0 Å². The van der Waals surface area contributed by atoms with E-state index in [1.165, 1.54) is 14.2 Å². The Labute approximate surface area is 80.6 Å². The lowest BCUT2D eigenvalue weighted by Crippen LogP contribution is -2.37. The van der Waals surface area contributed by atoms with Crippen LogP contribution in [0.4, 0.5) is 0 Å². The van der Waals surface area contributed by atoms with E-state index < -0.39 is 10.2 Å². The van der Waals surface area contributed by atoms with E-state index in [9.17, 15) is 8.42 Å². The van der Waals surface area contributed by atoms with Gasteiger partial charge in [-0.3, -0.25) is 4.84 Å². The van der Waals surface area contributed by atoms with Crippen molar-refractivity contribution in [2.75, 3.05) is 20.0 Å². The van der Waals surface area contributed by atoms with Crippen LogP contribution < -0.4 is 5.73 Å². The molecule has 1 heterocycles. The summed E-state index contributed by atoms with van der Waals surface area (Å²) in [6.45, 7) is 0. The summed E-state index contributed by atoms with van der Waals surface area (Å²) in [5, 5.41) is 3.84. The van der Waals surface area contributed by atoms with Crippen LogP contribution in [0.1, 0.15) is 0 Å². The van der Waals surface area contributed by atoms with Crippen molar-refractivity contribution < 1.29 is 13.3 Å². The molecule has 0 aliphatic carbocycles. The maximum Gasteiger partial charge on any atom is 0.341 e. The number of hydrogen-bond acceptors (Lipinski definition) is 6. The fourth-order valence-corrected chi connectivity index (χ4v) is 2.48. The summed E-state index contributed by atoms with van der Waals surface area (Å²) in [5.74, 6) is 0.182. The topological polar surface area (TPSA) is 88.2 Å². The first-order chi connectivity index (χ1) is 5.98. The van der Waals surface area contributed by atoms with Gasteiger partial charge >= 0.3 is 10.2 Å². The second-order valence-electron chi connectivity index (χ2n) is 2.13. The summed E-state index contributed by atoms with van der Waals surface area (Å²) >= 11 is 1.15. The number of nitrogens with two attached hydrogens (primary N) is 1. The Hall–Kier alpha value is -0.510. The molecule has 0 amide bonds. The van der Waals surface area contributed by atoms with Gasteiger partial charge < -0.3 is 5.73 Å². The van der Waals surface area contributed by atoms with Gasteiger partial charge in [0, 0.05) is 7.05 Å². The summed E-state index contributed by atoms with van der Waals surface area (Å²) in [7, 11) is -1.13. The van der Waals surface area contributed by atoms with Gasteiger partial charge in [0.1, 0.15) is 5.88 Å². The van der Waals surface area contributed by atoms with Crippen molar-refractivity contribution >= 4 is 27.1 Å². The molecule has 9 heteroatoms. The highest BCUT2D eigenvalue weighted by molar-refractivity contribution is 8.14. The van der Waals surface area contributed by atoms with Crippen molar-refractivity contribution in [3.63, 3.8) is 0 Å². The number of hydroxylamine groups is 1. The summed E-state index contributed by atoms with van der Waals surface area (Å²) < 4.78 is 24.5. The normalized spacial score (nSPS) is 18.1. The highest BCUT2D eigenvalue weighted by atomic mass is 32.2. The van der Waals surface area contributed by atoms with Crippen molar-refractivity contribution in [2.45, 2.75) is 0 Å². The molecule has 0 saturated carbocycles. The van der Waals surface area contributed by atoms with Crippen LogP contribution in [0.25, 0.3) is 0 Å². The Morgan fingerprint density at radius 2 is 2.38 bits per heavy atom. The zero-order valence-corrected chi connectivity index (χ0v) is 8.80. The number of nitrogens with zero attached hydrogens (tertiary/aromatic N) is 3. The fourth-order valence-electron chi connectivity index (χ4n) is 0.634. The maximum atomic E-state index is 11.5. The number of hydrazone groups is 1. The van der Waals surface area contributed by atoms with E-state index in [0.717, 1.165) is 20.6 Å². The van der Waals surface area contributed by atoms with E-state index in [-0.39, 0.29) is 11.0 Å². The highest BCUT2D eigenvalue weighted by Crippen LogP contribution is 2.19. The van der Waals surface area contributed by atoms with Gasteiger partial charge in [0.2, 0.25) is 0 Å². The van der Waals surface area contributed by atoms with Crippen LogP contribution in [0, 0.1) is 0 Å². The lowest BCUT2D eigenvalue weighted by molar-refractivity contribution is -0.0310. The van der Waals surface area contributed by atoms with Crippen LogP contribution in [0.15, 0.2) is 5.10 Å². The first-order valence-corrected chi connectivity index (χ1v) is 5.64. The van der Waals surface area contributed by atoms with E-state index in [2.05, 4.69) is 9.94 Å². The van der Waals surface area contributed by atoms with Crippen molar-refractivity contribution in [1.29, 1.82) is 0 Å². The summed E-state index contributed by atoms with van der Waals surface area (Å²) in [4.78, 5) is 4.55. The Kier molecular flexibility index (Phi) is 3.01. The molecule has 0 bridgehead atoms. The monoisotopic (exact) mass is 226 g/mol. The molecular formula is C4H10N4O3S2. The molecule has 76 valence electrons. The summed E-state index contributed by atoms with van der Waals surface area (Å²) in [5.41, 5.74) is 5.31. The Morgan fingerprint density at radius 3 is 2.77 bits per heavy atom. The van der Waals surface area contributed by atoms with Crippen LogP contribution >= 0.6 is 11.8 Å². The van der Waals surface area contributed by atoms with Crippen molar-refractivity contribution in [3.05, 3.63) is 0 Å². The molecule has 2 N–H and O–H groups in total. The lowest BCUT2D eigenvalue weighted by atomic mass is 11.3. The van der Waals surface area contributed by atoms with Gasteiger partial charge in [-0.05, 0) is 0 Å². The van der Waals surface area contributed by atoms with Crippen molar-refractivity contribution in [3.8, 4) is 0 Å². The fraction of sp³-hybridized carbons (Fsp3) is 0.750. The van der Waals surface area contributed by atoms with Crippen molar-refractivity contribution in [1.82, 2.24) is 8.88 Å². The quantitative estimate of drug-likeness (QED) is 0.621. The molecule has 13 heavy (non-hydrogen) atoms. The van der Waals surface area contributed by atoms with E-state index in [4.69, 9.17) is 5.73 Å². The molecule has 7 nitrogen and oxygen atoms in total. The average Bonchev–Trinajstić information content (AvgIpc) is 2.50. The minimum Gasteiger partial charge on any atom is -0.377 e. The lowest BCUT2D eigenvalue weighted by Gasteiger charge is -2.19. The van der Waals surface area contributed by atoms with Crippen molar-refractivity contribution in [2.24, 2.45) is 10.8 Å². The Bertz CT molecular complexity index is 313. The SMILES string of the molecule is CON(C)S(=O)(=O)N1CSC(N)=N1. The molecule has 0 atom stereocenters. The molecule has 0 fully saturated rings. The summed E-state index contributed by atoms with van der Waals surface area (Å²) in [6.07, 6.45) is 0. The minimum atomic E-state index is -3.67. The number of hydrogen-bond donors (Lipinski definition) is 1. The minimum absolute atomic E-state index is 0.182. The van der Waals surface area contributed by atoms with Crippen LogP contribution in [-0.4, -0.2) is 42.5 Å². The molecule has 1 rings (SSSR count). The zero-order valence-electron chi connectivity index (χ0n) is 7.17. The number of thioether (sulfide) groups is 1. The van der Waals surface area contributed by atoms with E-state index in [1.807, 2.05) is 0 Å². The highest BCUT2D eigenvalue weighted by Gasteiger charge is 2.29. The van der Waals surface area contributed by atoms with Crippen LogP contribution in [0.3, 0.4) is 0 Å². The smallest absolute Gasteiger partial charge is 0.341 e. The van der Waals surface area contributed by atoms with Crippen LogP contribution in [-0.2, 0) is 15.0 Å². The molecule has 0 aromatic carbocycles. The van der Waals surface area contributed by atoms with Gasteiger partial charge in [-0.2, -0.15) is 12.8 Å². The third-order valence-electron chi connectivity index (χ3n) is 1.38. The molecular weight excluding hydrogens is 216 g/mol. The zero-order chi connectivity index (χ0) is 10.1.